The lowest BCUT2D eigenvalue weighted by Crippen LogP contribution is -2.30. The van der Waals surface area contributed by atoms with E-state index in [0.29, 0.717) is 25.7 Å². The van der Waals surface area contributed by atoms with Gasteiger partial charge in [-0.3, -0.25) is 0 Å². The largest absolute Gasteiger partial charge is 0.395 e. The lowest BCUT2D eigenvalue weighted by atomic mass is 10.2. The molecule has 0 radical (unpaired) electrons. The first-order valence-corrected chi connectivity index (χ1v) is 5.64. The van der Waals surface area contributed by atoms with Crippen LogP contribution in [-0.4, -0.2) is 51.2 Å². The van der Waals surface area contributed by atoms with Crippen molar-refractivity contribution in [2.75, 3.05) is 40.1 Å². The van der Waals surface area contributed by atoms with E-state index in [0.717, 1.165) is 13.0 Å². The van der Waals surface area contributed by atoms with Crippen LogP contribution in [0.25, 0.3) is 0 Å². The first-order chi connectivity index (χ1) is 7.20. The molecule has 1 unspecified atom stereocenters. The van der Waals surface area contributed by atoms with Gasteiger partial charge < -0.3 is 19.9 Å². The summed E-state index contributed by atoms with van der Waals surface area (Å²) < 4.78 is 10.7. The van der Waals surface area contributed by atoms with Gasteiger partial charge in [0.15, 0.2) is 0 Å². The molecule has 4 heteroatoms. The van der Waals surface area contributed by atoms with Crippen LogP contribution < -0.4 is 5.32 Å². The highest BCUT2D eigenvalue weighted by Gasteiger charge is 2.02. The van der Waals surface area contributed by atoms with Gasteiger partial charge in [0, 0.05) is 19.3 Å². The second kappa shape index (κ2) is 10.4. The topological polar surface area (TPSA) is 50.7 Å². The molecule has 0 aromatic carbocycles. The van der Waals surface area contributed by atoms with Gasteiger partial charge in [-0.1, -0.05) is 13.8 Å². The number of nitrogens with one attached hydrogen (secondary N) is 1. The summed E-state index contributed by atoms with van der Waals surface area (Å²) in [4.78, 5) is 0. The summed E-state index contributed by atoms with van der Waals surface area (Å²) in [7, 11) is 1.84. The van der Waals surface area contributed by atoms with Gasteiger partial charge in [-0.2, -0.15) is 0 Å². The van der Waals surface area contributed by atoms with E-state index in [1.807, 2.05) is 7.05 Å². The standard InChI is InChI=1S/C11H25NO3/c1-10(2)9-15-7-6-14-5-4-11(8-13)12-3/h10-13H,4-9H2,1-3H3. The second-order valence-electron chi connectivity index (χ2n) is 4.04. The summed E-state index contributed by atoms with van der Waals surface area (Å²) in [5.41, 5.74) is 0. The summed E-state index contributed by atoms with van der Waals surface area (Å²) >= 11 is 0. The van der Waals surface area contributed by atoms with Gasteiger partial charge in [0.2, 0.25) is 0 Å². The van der Waals surface area contributed by atoms with E-state index < -0.39 is 0 Å². The fraction of sp³-hybridized carbons (Fsp3) is 1.00. The Hall–Kier alpha value is -0.160. The highest BCUT2D eigenvalue weighted by molar-refractivity contribution is 4.60. The molecule has 0 saturated carbocycles. The molecule has 0 fully saturated rings. The predicted molar refractivity (Wildman–Crippen MR) is 61.0 cm³/mol. The van der Waals surface area contributed by atoms with Crippen molar-refractivity contribution in [3.05, 3.63) is 0 Å². The molecule has 0 aliphatic rings. The van der Waals surface area contributed by atoms with Crippen LogP contribution in [0.1, 0.15) is 20.3 Å². The van der Waals surface area contributed by atoms with Crippen LogP contribution in [0.3, 0.4) is 0 Å². The number of aliphatic hydroxyl groups is 1. The zero-order chi connectivity index (χ0) is 11.5. The highest BCUT2D eigenvalue weighted by atomic mass is 16.5. The molecule has 0 aromatic rings. The van der Waals surface area contributed by atoms with Gasteiger partial charge in [-0.05, 0) is 19.4 Å². The van der Waals surface area contributed by atoms with E-state index in [1.54, 1.807) is 0 Å². The average Bonchev–Trinajstić information content (AvgIpc) is 2.22. The Morgan fingerprint density at radius 1 is 1.13 bits per heavy atom. The van der Waals surface area contributed by atoms with Gasteiger partial charge >= 0.3 is 0 Å². The number of ether oxygens (including phenoxy) is 2. The zero-order valence-corrected chi connectivity index (χ0v) is 10.2. The molecule has 2 N–H and O–H groups in total. The molecule has 1 atom stereocenters. The molecule has 0 bridgehead atoms. The first-order valence-electron chi connectivity index (χ1n) is 5.64. The van der Waals surface area contributed by atoms with Crippen molar-refractivity contribution in [1.29, 1.82) is 0 Å². The third-order valence-corrected chi connectivity index (χ3v) is 2.06. The van der Waals surface area contributed by atoms with E-state index in [1.165, 1.54) is 0 Å². The molecule has 0 aliphatic carbocycles. The van der Waals surface area contributed by atoms with Crippen molar-refractivity contribution in [3.63, 3.8) is 0 Å². The van der Waals surface area contributed by atoms with Crippen LogP contribution in [0.15, 0.2) is 0 Å². The molecule has 0 saturated heterocycles. The lowest BCUT2D eigenvalue weighted by Gasteiger charge is -2.13. The molecule has 0 heterocycles. The van der Waals surface area contributed by atoms with E-state index in [9.17, 15) is 0 Å². The minimum atomic E-state index is 0.140. The SMILES string of the molecule is CNC(CO)CCOCCOCC(C)C. The predicted octanol–water partition coefficient (Wildman–Crippen LogP) is 0.646. The van der Waals surface area contributed by atoms with E-state index in [4.69, 9.17) is 14.6 Å². The van der Waals surface area contributed by atoms with E-state index in [-0.39, 0.29) is 12.6 Å². The Morgan fingerprint density at radius 3 is 2.33 bits per heavy atom. The summed E-state index contributed by atoms with van der Waals surface area (Å²) in [6.45, 7) is 7.15. The van der Waals surface area contributed by atoms with Crippen LogP contribution in [-0.2, 0) is 9.47 Å². The van der Waals surface area contributed by atoms with Crippen molar-refractivity contribution >= 4 is 0 Å². The quantitative estimate of drug-likeness (QED) is 0.530. The number of rotatable bonds is 10. The Labute approximate surface area is 93.0 Å². The van der Waals surface area contributed by atoms with Crippen LogP contribution in [0, 0.1) is 5.92 Å². The summed E-state index contributed by atoms with van der Waals surface area (Å²) in [5.74, 6) is 0.577. The molecule has 0 aromatic heterocycles. The molecule has 0 aliphatic heterocycles. The van der Waals surface area contributed by atoms with Crippen molar-refractivity contribution in [2.24, 2.45) is 5.92 Å². The van der Waals surface area contributed by atoms with Crippen LogP contribution in [0.4, 0.5) is 0 Å². The maximum Gasteiger partial charge on any atom is 0.0700 e. The fourth-order valence-electron chi connectivity index (χ4n) is 1.09. The minimum Gasteiger partial charge on any atom is -0.395 e. The van der Waals surface area contributed by atoms with Crippen molar-refractivity contribution in [2.45, 2.75) is 26.3 Å². The van der Waals surface area contributed by atoms with Gasteiger partial charge in [-0.15, -0.1) is 0 Å². The van der Waals surface area contributed by atoms with Crippen molar-refractivity contribution < 1.29 is 14.6 Å². The maximum atomic E-state index is 8.89. The maximum absolute atomic E-state index is 8.89. The number of likely N-dealkylation sites (N-methyl/N-ethyl adjacent to an activating group) is 1. The van der Waals surface area contributed by atoms with Crippen molar-refractivity contribution in [1.82, 2.24) is 5.32 Å². The zero-order valence-electron chi connectivity index (χ0n) is 10.2. The lowest BCUT2D eigenvalue weighted by molar-refractivity contribution is 0.0335. The molecular formula is C11H25NO3. The Balaban J connectivity index is 3.10. The van der Waals surface area contributed by atoms with Gasteiger partial charge in [0.25, 0.3) is 0 Å². The normalized spacial score (nSPS) is 13.4. The Kier molecular flexibility index (Phi) is 10.3. The number of hydrogen-bond acceptors (Lipinski definition) is 4. The van der Waals surface area contributed by atoms with Gasteiger partial charge in [0.05, 0.1) is 19.8 Å². The molecular weight excluding hydrogens is 194 g/mol. The first kappa shape index (κ1) is 14.8. The van der Waals surface area contributed by atoms with Crippen molar-refractivity contribution in [3.8, 4) is 0 Å². The van der Waals surface area contributed by atoms with Crippen LogP contribution in [0.2, 0.25) is 0 Å². The molecule has 4 nitrogen and oxygen atoms in total. The van der Waals surface area contributed by atoms with Gasteiger partial charge in [-0.25, -0.2) is 0 Å². The fourth-order valence-corrected chi connectivity index (χ4v) is 1.09. The van der Waals surface area contributed by atoms with E-state index >= 15 is 0 Å². The smallest absolute Gasteiger partial charge is 0.0700 e. The third-order valence-electron chi connectivity index (χ3n) is 2.06. The summed E-state index contributed by atoms with van der Waals surface area (Å²) in [6, 6.07) is 0.140. The molecule has 15 heavy (non-hydrogen) atoms. The molecule has 0 rings (SSSR count). The average molecular weight is 219 g/mol. The van der Waals surface area contributed by atoms with Gasteiger partial charge in [0.1, 0.15) is 0 Å². The number of aliphatic hydroxyl groups excluding tert-OH is 1. The van der Waals surface area contributed by atoms with Crippen LogP contribution in [0.5, 0.6) is 0 Å². The molecule has 92 valence electrons. The number of hydrogen-bond donors (Lipinski definition) is 2. The van der Waals surface area contributed by atoms with Crippen LogP contribution >= 0.6 is 0 Å². The minimum absolute atomic E-state index is 0.140. The third kappa shape index (κ3) is 10.1. The Bertz CT molecular complexity index is 127. The second-order valence-corrected chi connectivity index (χ2v) is 4.04. The summed E-state index contributed by atoms with van der Waals surface area (Å²) in [6.07, 6.45) is 0.831. The Morgan fingerprint density at radius 2 is 1.80 bits per heavy atom. The molecule has 0 spiro atoms. The monoisotopic (exact) mass is 219 g/mol. The highest BCUT2D eigenvalue weighted by Crippen LogP contribution is 1.93. The summed E-state index contributed by atoms with van der Waals surface area (Å²) in [5, 5.41) is 11.9. The van der Waals surface area contributed by atoms with E-state index in [2.05, 4.69) is 19.2 Å². The molecule has 0 amide bonds.